The molecule has 1 aliphatic rings. The first kappa shape index (κ1) is 21.5. The average Bonchev–Trinajstić information content (AvgIpc) is 3.19. The standard InChI is InChI=1S/C23H18FNO6S/c1-2-30-18-6-4-3-5-13(18)11-31-15-7-8-16(24)17(10-15)25-19(26)9-14-12-32-21(23(28)29)20(14)22(25)27/h3-8,10,12H,2,9,11H2,1H3,(H,28,29). The minimum Gasteiger partial charge on any atom is -0.493 e. The topological polar surface area (TPSA) is 93.1 Å². The Morgan fingerprint density at radius 1 is 1.19 bits per heavy atom. The zero-order valence-corrected chi connectivity index (χ0v) is 17.8. The normalized spacial score (nSPS) is 13.1. The second-order valence-corrected chi connectivity index (χ2v) is 7.80. The summed E-state index contributed by atoms with van der Waals surface area (Å²) in [4.78, 5) is 37.6. The van der Waals surface area contributed by atoms with Crippen molar-refractivity contribution in [3.8, 4) is 11.5 Å². The first-order valence-electron chi connectivity index (χ1n) is 9.74. The molecule has 1 aliphatic heterocycles. The number of carboxylic acids is 1. The number of carbonyl (C=O) groups is 3. The van der Waals surface area contributed by atoms with E-state index in [0.717, 1.165) is 23.0 Å². The van der Waals surface area contributed by atoms with Crippen molar-refractivity contribution in [2.75, 3.05) is 11.5 Å². The number of carboxylic acid groups (broad SMARTS) is 1. The maximum Gasteiger partial charge on any atom is 0.346 e. The SMILES string of the molecule is CCOc1ccccc1COc1ccc(F)c(N2C(=O)Cc3csc(C(=O)O)c3C2=O)c1. The van der Waals surface area contributed by atoms with Crippen molar-refractivity contribution in [1.82, 2.24) is 0 Å². The highest BCUT2D eigenvalue weighted by molar-refractivity contribution is 7.12. The van der Waals surface area contributed by atoms with E-state index < -0.39 is 23.6 Å². The molecule has 0 aliphatic carbocycles. The number of ether oxygens (including phenoxy) is 2. The van der Waals surface area contributed by atoms with Crippen molar-refractivity contribution >= 4 is 34.8 Å². The summed E-state index contributed by atoms with van der Waals surface area (Å²) < 4.78 is 26.0. The van der Waals surface area contributed by atoms with Gasteiger partial charge in [0.25, 0.3) is 5.91 Å². The van der Waals surface area contributed by atoms with Crippen LogP contribution < -0.4 is 14.4 Å². The number of para-hydroxylation sites is 1. The fraction of sp³-hybridized carbons (Fsp3) is 0.174. The van der Waals surface area contributed by atoms with Crippen molar-refractivity contribution in [1.29, 1.82) is 0 Å². The molecule has 0 spiro atoms. The van der Waals surface area contributed by atoms with Crippen LogP contribution in [0, 0.1) is 5.82 Å². The second kappa shape index (κ2) is 8.80. The third-order valence-electron chi connectivity index (χ3n) is 4.89. The van der Waals surface area contributed by atoms with Crippen molar-refractivity contribution in [3.05, 3.63) is 75.2 Å². The highest BCUT2D eigenvalue weighted by Crippen LogP contribution is 2.34. The molecule has 32 heavy (non-hydrogen) atoms. The first-order chi connectivity index (χ1) is 15.4. The second-order valence-electron chi connectivity index (χ2n) is 6.92. The molecule has 0 fully saturated rings. The number of aromatic carboxylic acids is 1. The number of hydrogen-bond acceptors (Lipinski definition) is 6. The lowest BCUT2D eigenvalue weighted by Crippen LogP contribution is -2.43. The van der Waals surface area contributed by atoms with Crippen LogP contribution in [0.15, 0.2) is 47.8 Å². The molecule has 0 atom stereocenters. The Morgan fingerprint density at radius 3 is 2.72 bits per heavy atom. The van der Waals surface area contributed by atoms with Crippen LogP contribution in [0.25, 0.3) is 0 Å². The minimum atomic E-state index is -1.27. The molecule has 0 unspecified atom stereocenters. The average molecular weight is 455 g/mol. The van der Waals surface area contributed by atoms with Crippen LogP contribution >= 0.6 is 11.3 Å². The van der Waals surface area contributed by atoms with Crippen molar-refractivity contribution in [2.45, 2.75) is 20.0 Å². The van der Waals surface area contributed by atoms with E-state index in [2.05, 4.69) is 0 Å². The summed E-state index contributed by atoms with van der Waals surface area (Å²) in [5.41, 5.74) is 0.737. The third kappa shape index (κ3) is 3.94. The lowest BCUT2D eigenvalue weighted by atomic mass is 10.0. The molecule has 2 aromatic carbocycles. The number of nitrogens with zero attached hydrogens (tertiary/aromatic N) is 1. The number of thiophene rings is 1. The van der Waals surface area contributed by atoms with E-state index >= 15 is 0 Å². The van der Waals surface area contributed by atoms with Gasteiger partial charge in [0.1, 0.15) is 28.8 Å². The number of imide groups is 1. The molecular weight excluding hydrogens is 437 g/mol. The number of rotatable bonds is 7. The monoisotopic (exact) mass is 455 g/mol. The van der Waals surface area contributed by atoms with Gasteiger partial charge in [-0.25, -0.2) is 14.1 Å². The number of halogens is 1. The molecule has 1 aromatic heterocycles. The van der Waals surface area contributed by atoms with Gasteiger partial charge < -0.3 is 14.6 Å². The first-order valence-corrected chi connectivity index (χ1v) is 10.6. The number of benzene rings is 2. The number of hydrogen-bond donors (Lipinski definition) is 1. The lowest BCUT2D eigenvalue weighted by Gasteiger charge is -2.26. The van der Waals surface area contributed by atoms with Crippen molar-refractivity contribution in [2.24, 2.45) is 0 Å². The van der Waals surface area contributed by atoms with Crippen molar-refractivity contribution < 1.29 is 33.4 Å². The van der Waals surface area contributed by atoms with Crippen LogP contribution in [0.5, 0.6) is 11.5 Å². The maximum absolute atomic E-state index is 14.7. The number of anilines is 1. The molecule has 4 rings (SSSR count). The largest absolute Gasteiger partial charge is 0.493 e. The number of carbonyl (C=O) groups excluding carboxylic acids is 2. The predicted octanol–water partition coefficient (Wildman–Crippen LogP) is 4.29. The van der Waals surface area contributed by atoms with Gasteiger partial charge in [-0.05, 0) is 36.1 Å². The van der Waals surface area contributed by atoms with Gasteiger partial charge in [-0.3, -0.25) is 9.59 Å². The highest BCUT2D eigenvalue weighted by atomic mass is 32.1. The van der Waals surface area contributed by atoms with Gasteiger partial charge >= 0.3 is 5.97 Å². The van der Waals surface area contributed by atoms with E-state index in [1.165, 1.54) is 17.5 Å². The molecule has 3 aromatic rings. The number of fused-ring (bicyclic) bond motifs is 1. The van der Waals surface area contributed by atoms with E-state index in [4.69, 9.17) is 9.47 Å². The molecule has 2 amide bonds. The zero-order chi connectivity index (χ0) is 22.8. The molecule has 9 heteroatoms. The molecule has 0 saturated carbocycles. The van der Waals surface area contributed by atoms with E-state index in [0.29, 0.717) is 22.8 Å². The van der Waals surface area contributed by atoms with Gasteiger partial charge in [-0.15, -0.1) is 11.3 Å². The summed E-state index contributed by atoms with van der Waals surface area (Å²) in [6.07, 6.45) is -0.197. The quantitative estimate of drug-likeness (QED) is 0.534. The molecule has 7 nitrogen and oxygen atoms in total. The molecule has 0 radical (unpaired) electrons. The number of amides is 2. The van der Waals surface area contributed by atoms with E-state index in [-0.39, 0.29) is 34.9 Å². The Bertz CT molecular complexity index is 1220. The summed E-state index contributed by atoms with van der Waals surface area (Å²) in [7, 11) is 0. The Kier molecular flexibility index (Phi) is 5.91. The summed E-state index contributed by atoms with van der Waals surface area (Å²) in [6.45, 7) is 2.48. The minimum absolute atomic E-state index is 0.0848. The van der Waals surface area contributed by atoms with Crippen LogP contribution in [-0.2, 0) is 17.8 Å². The van der Waals surface area contributed by atoms with Gasteiger partial charge in [0.2, 0.25) is 5.91 Å². The van der Waals surface area contributed by atoms with Crippen LogP contribution in [-0.4, -0.2) is 29.5 Å². The van der Waals surface area contributed by atoms with Gasteiger partial charge in [-0.1, -0.05) is 18.2 Å². The lowest BCUT2D eigenvalue weighted by molar-refractivity contribution is -0.117. The van der Waals surface area contributed by atoms with Crippen LogP contribution in [0.4, 0.5) is 10.1 Å². The Morgan fingerprint density at radius 2 is 1.97 bits per heavy atom. The molecule has 2 heterocycles. The molecule has 0 saturated heterocycles. The third-order valence-corrected chi connectivity index (χ3v) is 5.91. The fourth-order valence-corrected chi connectivity index (χ4v) is 4.36. The van der Waals surface area contributed by atoms with Crippen molar-refractivity contribution in [3.63, 3.8) is 0 Å². The summed E-state index contributed by atoms with van der Waals surface area (Å²) in [5.74, 6) is -2.69. The summed E-state index contributed by atoms with van der Waals surface area (Å²) in [5, 5.41) is 10.8. The van der Waals surface area contributed by atoms with E-state index in [9.17, 15) is 23.9 Å². The van der Waals surface area contributed by atoms with E-state index in [1.807, 2.05) is 31.2 Å². The summed E-state index contributed by atoms with van der Waals surface area (Å²) >= 11 is 0.865. The molecule has 0 bridgehead atoms. The van der Waals surface area contributed by atoms with Gasteiger partial charge in [0.05, 0.1) is 24.3 Å². The highest BCUT2D eigenvalue weighted by Gasteiger charge is 2.38. The van der Waals surface area contributed by atoms with Crippen LogP contribution in [0.1, 0.15) is 38.1 Å². The fourth-order valence-electron chi connectivity index (χ4n) is 3.46. The van der Waals surface area contributed by atoms with Gasteiger partial charge in [0.15, 0.2) is 0 Å². The smallest absolute Gasteiger partial charge is 0.346 e. The molecule has 1 N–H and O–H groups in total. The van der Waals surface area contributed by atoms with E-state index in [1.54, 1.807) is 0 Å². The molecule has 164 valence electrons. The van der Waals surface area contributed by atoms with Crippen LogP contribution in [0.2, 0.25) is 0 Å². The zero-order valence-electron chi connectivity index (χ0n) is 17.0. The molecular formula is C23H18FNO6S. The predicted molar refractivity (Wildman–Crippen MR) is 115 cm³/mol. The Balaban J connectivity index is 1.63. The maximum atomic E-state index is 14.7. The van der Waals surface area contributed by atoms with Crippen LogP contribution in [0.3, 0.4) is 0 Å². The van der Waals surface area contributed by atoms with Gasteiger partial charge in [0, 0.05) is 11.6 Å². The summed E-state index contributed by atoms with van der Waals surface area (Å²) in [6, 6.07) is 11.1. The Hall–Kier alpha value is -3.72. The van der Waals surface area contributed by atoms with Gasteiger partial charge in [-0.2, -0.15) is 0 Å². The Labute approximate surface area is 186 Å².